The molecule has 0 atom stereocenters. The van der Waals surface area contributed by atoms with Crippen LogP contribution in [0, 0.1) is 6.92 Å². The van der Waals surface area contributed by atoms with E-state index in [1.54, 1.807) is 6.20 Å². The summed E-state index contributed by atoms with van der Waals surface area (Å²) in [5, 5.41) is 0. The van der Waals surface area contributed by atoms with Crippen molar-refractivity contribution in [3.05, 3.63) is 29.6 Å². The lowest BCUT2D eigenvalue weighted by molar-refractivity contribution is -0.269. The molecule has 0 aliphatic carbocycles. The van der Waals surface area contributed by atoms with Crippen LogP contribution in [0.3, 0.4) is 0 Å². The summed E-state index contributed by atoms with van der Waals surface area (Å²) in [6.45, 7) is 6.64. The van der Waals surface area contributed by atoms with E-state index in [0.29, 0.717) is 13.2 Å². The molecule has 4 heteroatoms. The van der Waals surface area contributed by atoms with Gasteiger partial charge in [0.2, 0.25) is 0 Å². The summed E-state index contributed by atoms with van der Waals surface area (Å²) in [4.78, 5) is 4.30. The molecule has 0 unspecified atom stereocenters. The van der Waals surface area contributed by atoms with Crippen LogP contribution in [-0.4, -0.2) is 24.0 Å². The van der Waals surface area contributed by atoms with Gasteiger partial charge in [-0.1, -0.05) is 0 Å². The molecule has 1 aromatic rings. The largest absolute Gasteiger partial charge is 0.348 e. The van der Waals surface area contributed by atoms with Crippen molar-refractivity contribution in [2.24, 2.45) is 5.73 Å². The summed E-state index contributed by atoms with van der Waals surface area (Å²) in [7, 11) is 0. The highest BCUT2D eigenvalue weighted by atomic mass is 16.7. The lowest BCUT2D eigenvalue weighted by Crippen LogP contribution is -2.55. The molecule has 0 spiro atoms. The van der Waals surface area contributed by atoms with Crippen LogP contribution in [0.5, 0.6) is 0 Å². The quantitative estimate of drug-likeness (QED) is 0.778. The van der Waals surface area contributed by atoms with Crippen molar-refractivity contribution in [2.75, 3.05) is 13.2 Å². The van der Waals surface area contributed by atoms with Gasteiger partial charge in [-0.25, -0.2) is 0 Å². The number of pyridine rings is 1. The van der Waals surface area contributed by atoms with E-state index in [-0.39, 0.29) is 0 Å². The van der Waals surface area contributed by atoms with Crippen LogP contribution in [0.2, 0.25) is 0 Å². The minimum absolute atomic E-state index is 0.427. The van der Waals surface area contributed by atoms with Crippen molar-refractivity contribution in [3.8, 4) is 0 Å². The number of nitrogens with zero attached hydrogens (tertiary/aromatic N) is 1. The summed E-state index contributed by atoms with van der Waals surface area (Å²) >= 11 is 0. The molecule has 16 heavy (non-hydrogen) atoms. The molecule has 88 valence electrons. The van der Waals surface area contributed by atoms with Crippen molar-refractivity contribution >= 4 is 0 Å². The summed E-state index contributed by atoms with van der Waals surface area (Å²) < 4.78 is 11.2. The minimum atomic E-state index is -0.637. The fourth-order valence-electron chi connectivity index (χ4n) is 1.64. The molecule has 0 aromatic carbocycles. The van der Waals surface area contributed by atoms with Gasteiger partial charge >= 0.3 is 0 Å². The van der Waals surface area contributed by atoms with Gasteiger partial charge in [0.1, 0.15) is 5.54 Å². The van der Waals surface area contributed by atoms with Gasteiger partial charge in [0.15, 0.2) is 5.79 Å². The molecular weight excluding hydrogens is 204 g/mol. The molecule has 2 rings (SSSR count). The zero-order chi connectivity index (χ0) is 11.8. The first-order valence-electron chi connectivity index (χ1n) is 5.41. The van der Waals surface area contributed by atoms with Gasteiger partial charge in [-0.3, -0.25) is 4.98 Å². The zero-order valence-corrected chi connectivity index (χ0v) is 9.99. The van der Waals surface area contributed by atoms with Crippen LogP contribution >= 0.6 is 0 Å². The fraction of sp³-hybridized carbons (Fsp3) is 0.583. The molecular formula is C12H18N2O2. The van der Waals surface area contributed by atoms with Crippen molar-refractivity contribution in [2.45, 2.75) is 32.1 Å². The van der Waals surface area contributed by atoms with Gasteiger partial charge in [-0.2, -0.15) is 0 Å². The third kappa shape index (κ3) is 2.24. The Morgan fingerprint density at radius 1 is 1.31 bits per heavy atom. The Morgan fingerprint density at radius 2 is 1.94 bits per heavy atom. The molecule has 2 heterocycles. The SMILES string of the molecule is Cc1ccnc(C2(N)COC(C)(C)OC2)c1. The van der Waals surface area contributed by atoms with E-state index in [4.69, 9.17) is 15.2 Å². The van der Waals surface area contributed by atoms with E-state index < -0.39 is 11.3 Å². The highest BCUT2D eigenvalue weighted by molar-refractivity contribution is 5.22. The molecule has 0 radical (unpaired) electrons. The lowest BCUT2D eigenvalue weighted by atomic mass is 9.95. The van der Waals surface area contributed by atoms with Crippen molar-refractivity contribution in [1.82, 2.24) is 4.98 Å². The molecule has 0 bridgehead atoms. The molecule has 1 fully saturated rings. The lowest BCUT2D eigenvalue weighted by Gasteiger charge is -2.40. The van der Waals surface area contributed by atoms with Crippen molar-refractivity contribution < 1.29 is 9.47 Å². The highest BCUT2D eigenvalue weighted by Gasteiger charge is 2.39. The van der Waals surface area contributed by atoms with Crippen LogP contribution in [0.4, 0.5) is 0 Å². The number of hydrogen-bond acceptors (Lipinski definition) is 4. The number of nitrogens with two attached hydrogens (primary N) is 1. The predicted octanol–water partition coefficient (Wildman–Crippen LogP) is 1.33. The smallest absolute Gasteiger partial charge is 0.162 e. The number of rotatable bonds is 1. The van der Waals surface area contributed by atoms with Crippen LogP contribution in [0.15, 0.2) is 18.3 Å². The average molecular weight is 222 g/mol. The molecule has 1 aliphatic rings. The topological polar surface area (TPSA) is 57.4 Å². The minimum Gasteiger partial charge on any atom is -0.348 e. The van der Waals surface area contributed by atoms with Crippen LogP contribution in [0.1, 0.15) is 25.1 Å². The maximum absolute atomic E-state index is 6.26. The van der Waals surface area contributed by atoms with E-state index in [1.807, 2.05) is 32.9 Å². The van der Waals surface area contributed by atoms with E-state index >= 15 is 0 Å². The molecule has 1 saturated heterocycles. The first kappa shape index (κ1) is 11.5. The van der Waals surface area contributed by atoms with Crippen LogP contribution < -0.4 is 5.73 Å². The maximum atomic E-state index is 6.26. The first-order valence-corrected chi connectivity index (χ1v) is 5.41. The second kappa shape index (κ2) is 3.80. The zero-order valence-electron chi connectivity index (χ0n) is 9.99. The van der Waals surface area contributed by atoms with Gasteiger partial charge < -0.3 is 15.2 Å². The number of hydrogen-bond donors (Lipinski definition) is 1. The van der Waals surface area contributed by atoms with E-state index in [2.05, 4.69) is 4.98 Å². The van der Waals surface area contributed by atoms with Crippen LogP contribution in [0.25, 0.3) is 0 Å². The van der Waals surface area contributed by atoms with Crippen LogP contribution in [-0.2, 0) is 15.0 Å². The monoisotopic (exact) mass is 222 g/mol. The summed E-state index contributed by atoms with van der Waals surface area (Å²) in [5.74, 6) is -0.549. The number of aryl methyl sites for hydroxylation is 1. The highest BCUT2D eigenvalue weighted by Crippen LogP contribution is 2.28. The summed E-state index contributed by atoms with van der Waals surface area (Å²) in [6, 6.07) is 3.92. The molecule has 1 aliphatic heterocycles. The van der Waals surface area contributed by atoms with Gasteiger partial charge in [0.05, 0.1) is 18.9 Å². The Balaban J connectivity index is 2.21. The van der Waals surface area contributed by atoms with Gasteiger partial charge in [-0.15, -0.1) is 0 Å². The summed E-state index contributed by atoms with van der Waals surface area (Å²) in [6.07, 6.45) is 1.76. The van der Waals surface area contributed by atoms with Crippen molar-refractivity contribution in [3.63, 3.8) is 0 Å². The van der Waals surface area contributed by atoms with E-state index in [0.717, 1.165) is 11.3 Å². The Morgan fingerprint density at radius 3 is 2.50 bits per heavy atom. The standard InChI is InChI=1S/C12H18N2O2/c1-9-4-5-14-10(6-9)12(13)7-15-11(2,3)16-8-12/h4-6H,7-8,13H2,1-3H3. The Labute approximate surface area is 95.8 Å². The maximum Gasteiger partial charge on any atom is 0.162 e. The normalized spacial score (nSPS) is 23.0. The number of ether oxygens (including phenoxy) is 2. The first-order chi connectivity index (χ1) is 7.41. The van der Waals surface area contributed by atoms with E-state index in [9.17, 15) is 0 Å². The third-order valence-corrected chi connectivity index (χ3v) is 2.78. The van der Waals surface area contributed by atoms with Gasteiger partial charge in [0.25, 0.3) is 0 Å². The molecule has 1 aromatic heterocycles. The Kier molecular flexibility index (Phi) is 2.74. The average Bonchev–Trinajstić information content (AvgIpc) is 2.23. The number of aromatic nitrogens is 1. The summed E-state index contributed by atoms with van der Waals surface area (Å²) in [5.41, 5.74) is 7.58. The Bertz CT molecular complexity index is 380. The molecule has 0 saturated carbocycles. The molecule has 2 N–H and O–H groups in total. The van der Waals surface area contributed by atoms with Gasteiger partial charge in [0, 0.05) is 6.20 Å². The predicted molar refractivity (Wildman–Crippen MR) is 60.8 cm³/mol. The fourth-order valence-corrected chi connectivity index (χ4v) is 1.64. The molecule has 0 amide bonds. The van der Waals surface area contributed by atoms with Gasteiger partial charge in [-0.05, 0) is 38.5 Å². The Hall–Kier alpha value is -0.970. The van der Waals surface area contributed by atoms with E-state index in [1.165, 1.54) is 0 Å². The molecule has 4 nitrogen and oxygen atoms in total. The third-order valence-electron chi connectivity index (χ3n) is 2.78. The second-order valence-corrected chi connectivity index (χ2v) is 4.85. The van der Waals surface area contributed by atoms with Crippen molar-refractivity contribution in [1.29, 1.82) is 0 Å². The second-order valence-electron chi connectivity index (χ2n) is 4.85.